The van der Waals surface area contributed by atoms with Crippen LogP contribution in [-0.4, -0.2) is 37.9 Å². The van der Waals surface area contributed by atoms with E-state index in [0.717, 1.165) is 25.7 Å². The Kier molecular flexibility index (Phi) is 5.77. The van der Waals surface area contributed by atoms with Crippen LogP contribution in [0.3, 0.4) is 0 Å². The Morgan fingerprint density at radius 3 is 2.29 bits per heavy atom. The van der Waals surface area contributed by atoms with E-state index in [9.17, 15) is 14.4 Å². The largest absolute Gasteiger partial charge is 0.234 e. The van der Waals surface area contributed by atoms with Gasteiger partial charge in [-0.3, -0.25) is 0 Å². The monoisotopic (exact) mass is 289 g/mol. The molecule has 2 aliphatic rings. The van der Waals surface area contributed by atoms with Crippen molar-refractivity contribution < 1.29 is 14.4 Å². The van der Waals surface area contributed by atoms with Gasteiger partial charge in [-0.15, -0.1) is 0 Å². The normalized spacial score (nSPS) is 32.9. The molecule has 2 aliphatic carbocycles. The molecular formula is C15H19N3O3. The van der Waals surface area contributed by atoms with E-state index in [2.05, 4.69) is 15.0 Å². The van der Waals surface area contributed by atoms with Gasteiger partial charge in [-0.2, -0.15) is 0 Å². The molecule has 0 N–H and O–H groups in total. The first-order valence-corrected chi connectivity index (χ1v) is 7.42. The van der Waals surface area contributed by atoms with Gasteiger partial charge in [0, 0.05) is 0 Å². The highest BCUT2D eigenvalue weighted by atomic mass is 16.1. The maximum absolute atomic E-state index is 10.4. The van der Waals surface area contributed by atoms with Crippen molar-refractivity contribution in [3.63, 3.8) is 0 Å². The fourth-order valence-electron chi connectivity index (χ4n) is 4.41. The zero-order valence-electron chi connectivity index (χ0n) is 11.9. The van der Waals surface area contributed by atoms with Crippen molar-refractivity contribution in [3.8, 4) is 0 Å². The van der Waals surface area contributed by atoms with E-state index in [4.69, 9.17) is 0 Å². The van der Waals surface area contributed by atoms with Gasteiger partial charge >= 0.3 is 0 Å². The van der Waals surface area contributed by atoms with Gasteiger partial charge in [0.25, 0.3) is 0 Å². The number of fused-ring (bicyclic) bond motifs is 2. The average molecular weight is 289 g/mol. The lowest BCUT2D eigenvalue weighted by Gasteiger charge is -2.34. The second-order valence-electron chi connectivity index (χ2n) is 5.96. The van der Waals surface area contributed by atoms with Gasteiger partial charge in [0.05, 0.1) is 19.6 Å². The van der Waals surface area contributed by atoms with Crippen molar-refractivity contribution >= 4 is 18.2 Å². The molecular weight excluding hydrogens is 270 g/mol. The molecule has 0 spiro atoms. The first kappa shape index (κ1) is 15.5. The molecule has 6 heteroatoms. The molecule has 5 unspecified atom stereocenters. The van der Waals surface area contributed by atoms with Gasteiger partial charge in [0.15, 0.2) is 0 Å². The Balaban J connectivity index is 2.00. The van der Waals surface area contributed by atoms with E-state index in [-0.39, 0.29) is 0 Å². The number of isocyanates is 3. The molecule has 0 aromatic rings. The molecule has 0 aliphatic heterocycles. The Labute approximate surface area is 123 Å². The van der Waals surface area contributed by atoms with Crippen LogP contribution in [0.4, 0.5) is 0 Å². The summed E-state index contributed by atoms with van der Waals surface area (Å²) in [6.45, 7) is 1.59. The second-order valence-corrected chi connectivity index (χ2v) is 5.96. The minimum atomic E-state index is 0.410. The van der Waals surface area contributed by atoms with E-state index in [0.29, 0.717) is 49.2 Å². The summed E-state index contributed by atoms with van der Waals surface area (Å²) in [5.41, 5.74) is 0. The first-order chi connectivity index (χ1) is 10.3. The summed E-state index contributed by atoms with van der Waals surface area (Å²) in [7, 11) is 0. The summed E-state index contributed by atoms with van der Waals surface area (Å²) in [4.78, 5) is 41.9. The van der Waals surface area contributed by atoms with Crippen LogP contribution in [-0.2, 0) is 14.4 Å². The van der Waals surface area contributed by atoms with E-state index in [1.165, 1.54) is 0 Å². The molecule has 0 saturated heterocycles. The van der Waals surface area contributed by atoms with Crippen LogP contribution in [0.5, 0.6) is 0 Å². The van der Waals surface area contributed by atoms with Crippen LogP contribution in [0, 0.1) is 29.6 Å². The standard InChI is InChI=1S/C15H19N3O3/c19-8-16-3-1-2-13-14-5-11(15(13)7-18-10-21)4-12(14)6-17-9-20/h11-15H,1-7H2. The lowest BCUT2D eigenvalue weighted by atomic mass is 9.72. The Bertz CT molecular complexity index is 502. The molecule has 21 heavy (non-hydrogen) atoms. The van der Waals surface area contributed by atoms with Crippen LogP contribution in [0.2, 0.25) is 0 Å². The average Bonchev–Trinajstić information content (AvgIpc) is 3.05. The predicted octanol–water partition coefficient (Wildman–Crippen LogP) is 1.66. The van der Waals surface area contributed by atoms with Crippen molar-refractivity contribution in [1.82, 2.24) is 0 Å². The van der Waals surface area contributed by atoms with E-state index in [1.54, 1.807) is 18.2 Å². The molecule has 2 bridgehead atoms. The third kappa shape index (κ3) is 3.62. The highest BCUT2D eigenvalue weighted by molar-refractivity contribution is 5.33. The summed E-state index contributed by atoms with van der Waals surface area (Å²) >= 11 is 0. The van der Waals surface area contributed by atoms with E-state index < -0.39 is 0 Å². The molecule has 2 fully saturated rings. The summed E-state index contributed by atoms with van der Waals surface area (Å²) < 4.78 is 0. The van der Waals surface area contributed by atoms with Crippen LogP contribution in [0.25, 0.3) is 0 Å². The lowest BCUT2D eigenvalue weighted by molar-refractivity contribution is 0.159. The molecule has 6 nitrogen and oxygen atoms in total. The SMILES string of the molecule is O=C=NCCCC1C(CN=C=O)C2CC(CN=C=O)C1C2. The Morgan fingerprint density at radius 2 is 1.57 bits per heavy atom. The Morgan fingerprint density at radius 1 is 0.857 bits per heavy atom. The van der Waals surface area contributed by atoms with Crippen LogP contribution >= 0.6 is 0 Å². The summed E-state index contributed by atoms with van der Waals surface area (Å²) in [6.07, 6.45) is 8.79. The van der Waals surface area contributed by atoms with Crippen molar-refractivity contribution in [2.45, 2.75) is 25.7 Å². The minimum absolute atomic E-state index is 0.410. The zero-order chi connectivity index (χ0) is 15.1. The van der Waals surface area contributed by atoms with Crippen LogP contribution in [0.1, 0.15) is 25.7 Å². The molecule has 0 aromatic heterocycles. The van der Waals surface area contributed by atoms with Gasteiger partial charge in [-0.05, 0) is 55.3 Å². The highest BCUT2D eigenvalue weighted by Gasteiger charge is 2.51. The zero-order valence-corrected chi connectivity index (χ0v) is 11.9. The van der Waals surface area contributed by atoms with Crippen molar-refractivity contribution in [2.75, 3.05) is 19.6 Å². The molecule has 0 aromatic carbocycles. The van der Waals surface area contributed by atoms with Gasteiger partial charge in [0.1, 0.15) is 0 Å². The fraction of sp³-hybridized carbons (Fsp3) is 0.800. The fourth-order valence-corrected chi connectivity index (χ4v) is 4.41. The summed E-state index contributed by atoms with van der Waals surface area (Å²) in [6, 6.07) is 0. The van der Waals surface area contributed by atoms with Gasteiger partial charge in [-0.25, -0.2) is 29.4 Å². The van der Waals surface area contributed by atoms with Gasteiger partial charge in [-0.1, -0.05) is 0 Å². The second kappa shape index (κ2) is 7.80. The molecule has 2 rings (SSSR count). The van der Waals surface area contributed by atoms with Crippen LogP contribution in [0.15, 0.2) is 15.0 Å². The minimum Gasteiger partial charge on any atom is -0.211 e. The molecule has 2 saturated carbocycles. The molecule has 0 heterocycles. The molecule has 0 radical (unpaired) electrons. The Hall–Kier alpha value is -1.86. The number of rotatable bonds is 8. The molecule has 0 amide bonds. The quantitative estimate of drug-likeness (QED) is 0.387. The van der Waals surface area contributed by atoms with E-state index in [1.807, 2.05) is 0 Å². The molecule has 5 atom stereocenters. The number of hydrogen-bond acceptors (Lipinski definition) is 6. The third-order valence-corrected chi connectivity index (χ3v) is 5.12. The van der Waals surface area contributed by atoms with Crippen molar-refractivity contribution in [2.24, 2.45) is 44.6 Å². The number of nitrogens with zero attached hydrogens (tertiary/aromatic N) is 3. The summed E-state index contributed by atoms with van der Waals surface area (Å²) in [5, 5.41) is 0. The summed E-state index contributed by atoms with van der Waals surface area (Å²) in [5.74, 6) is 2.40. The maximum atomic E-state index is 10.4. The predicted molar refractivity (Wildman–Crippen MR) is 74.9 cm³/mol. The third-order valence-electron chi connectivity index (χ3n) is 5.12. The van der Waals surface area contributed by atoms with Crippen molar-refractivity contribution in [3.05, 3.63) is 0 Å². The number of aliphatic imine (C=N–C) groups is 3. The van der Waals surface area contributed by atoms with Crippen LogP contribution < -0.4 is 0 Å². The molecule has 112 valence electrons. The highest BCUT2D eigenvalue weighted by Crippen LogP contribution is 2.56. The van der Waals surface area contributed by atoms with Crippen molar-refractivity contribution in [1.29, 1.82) is 0 Å². The number of hydrogen-bond donors (Lipinski definition) is 0. The van der Waals surface area contributed by atoms with E-state index >= 15 is 0 Å². The lowest BCUT2D eigenvalue weighted by Crippen LogP contribution is -2.31. The number of carbonyl (C=O) groups excluding carboxylic acids is 3. The maximum Gasteiger partial charge on any atom is 0.234 e. The van der Waals surface area contributed by atoms with Gasteiger partial charge < -0.3 is 0 Å². The topological polar surface area (TPSA) is 88.3 Å². The smallest absolute Gasteiger partial charge is 0.211 e. The van der Waals surface area contributed by atoms with Gasteiger partial charge in [0.2, 0.25) is 18.2 Å². The first-order valence-electron chi connectivity index (χ1n) is 7.42.